The Morgan fingerprint density at radius 3 is 2.64 bits per heavy atom. The van der Waals surface area contributed by atoms with Crippen LogP contribution in [0.25, 0.3) is 11.3 Å². The van der Waals surface area contributed by atoms with Gasteiger partial charge in [0.05, 0.1) is 12.2 Å². The van der Waals surface area contributed by atoms with E-state index in [1.165, 1.54) is 12.1 Å². The number of hydrogen-bond acceptors (Lipinski definition) is 3. The van der Waals surface area contributed by atoms with Gasteiger partial charge in [-0.3, -0.25) is 4.98 Å². The molecule has 5 heteroatoms. The molecule has 1 aromatic heterocycles. The molecule has 0 spiro atoms. The highest BCUT2D eigenvalue weighted by Gasteiger charge is 2.20. The van der Waals surface area contributed by atoms with Gasteiger partial charge in [0.1, 0.15) is 12.4 Å². The molecule has 0 N–H and O–H groups in total. The lowest BCUT2D eigenvalue weighted by Crippen LogP contribution is -2.25. The van der Waals surface area contributed by atoms with Gasteiger partial charge in [-0.05, 0) is 48.7 Å². The number of hydrogen-bond donors (Lipinski definition) is 0. The second-order valence-electron chi connectivity index (χ2n) is 5.26. The van der Waals surface area contributed by atoms with Crippen LogP contribution >= 0.6 is 0 Å². The molecule has 1 aromatic carbocycles. The summed E-state index contributed by atoms with van der Waals surface area (Å²) in [6.07, 6.45) is 3.36. The van der Waals surface area contributed by atoms with E-state index in [0.717, 1.165) is 29.7 Å². The molecule has 0 aliphatic carbocycles. The summed E-state index contributed by atoms with van der Waals surface area (Å²) < 4.78 is 17.8. The van der Waals surface area contributed by atoms with E-state index < -0.39 is 0 Å². The molecule has 0 bridgehead atoms. The molecule has 1 aliphatic rings. The van der Waals surface area contributed by atoms with Crippen LogP contribution in [0, 0.1) is 5.82 Å². The second kappa shape index (κ2) is 6.56. The van der Waals surface area contributed by atoms with Crippen molar-refractivity contribution in [2.24, 2.45) is 0 Å². The van der Waals surface area contributed by atoms with Gasteiger partial charge in [-0.1, -0.05) is 6.07 Å². The van der Waals surface area contributed by atoms with Crippen LogP contribution in [0.3, 0.4) is 0 Å². The summed E-state index contributed by atoms with van der Waals surface area (Å²) in [4.78, 5) is 17.4. The van der Waals surface area contributed by atoms with E-state index in [0.29, 0.717) is 19.7 Å². The van der Waals surface area contributed by atoms with Gasteiger partial charge in [-0.15, -0.1) is 0 Å². The van der Waals surface area contributed by atoms with Crippen LogP contribution in [0.2, 0.25) is 0 Å². The van der Waals surface area contributed by atoms with Crippen molar-refractivity contribution in [3.05, 3.63) is 54.0 Å². The largest absolute Gasteiger partial charge is 0.448 e. The van der Waals surface area contributed by atoms with Crippen molar-refractivity contribution in [1.29, 1.82) is 0 Å². The number of halogens is 1. The highest BCUT2D eigenvalue weighted by atomic mass is 19.1. The number of benzene rings is 1. The minimum absolute atomic E-state index is 0.218. The molecule has 2 aromatic rings. The number of amides is 1. The van der Waals surface area contributed by atoms with E-state index in [4.69, 9.17) is 4.74 Å². The van der Waals surface area contributed by atoms with Crippen LogP contribution in [0.15, 0.2) is 42.6 Å². The number of nitrogens with zero attached hydrogens (tertiary/aromatic N) is 2. The summed E-state index contributed by atoms with van der Waals surface area (Å²) in [5.41, 5.74) is 2.85. The lowest BCUT2D eigenvalue weighted by atomic mass is 10.1. The predicted molar refractivity (Wildman–Crippen MR) is 80.9 cm³/mol. The summed E-state index contributed by atoms with van der Waals surface area (Å²) in [7, 11) is 0. The van der Waals surface area contributed by atoms with Gasteiger partial charge in [-0.25, -0.2) is 9.18 Å². The molecule has 0 radical (unpaired) electrons. The summed E-state index contributed by atoms with van der Waals surface area (Å²) >= 11 is 0. The van der Waals surface area contributed by atoms with Gasteiger partial charge < -0.3 is 9.64 Å². The molecule has 0 saturated carbocycles. The van der Waals surface area contributed by atoms with Gasteiger partial charge in [-0.2, -0.15) is 0 Å². The standard InChI is InChI=1S/C17H17FN2O2/c18-15-6-4-14(5-7-15)16-8-3-13(12-19-16)2-1-9-20-10-11-22-17(20)21/h3-8,12H,1-2,9-11H2. The molecule has 3 rings (SSSR count). The first-order valence-electron chi connectivity index (χ1n) is 7.35. The first-order chi connectivity index (χ1) is 10.7. The van der Waals surface area contributed by atoms with Crippen molar-refractivity contribution < 1.29 is 13.9 Å². The zero-order valence-corrected chi connectivity index (χ0v) is 12.2. The van der Waals surface area contributed by atoms with Crippen molar-refractivity contribution in [1.82, 2.24) is 9.88 Å². The topological polar surface area (TPSA) is 42.4 Å². The summed E-state index contributed by atoms with van der Waals surface area (Å²) in [5, 5.41) is 0. The van der Waals surface area contributed by atoms with Crippen molar-refractivity contribution in [2.75, 3.05) is 19.7 Å². The maximum absolute atomic E-state index is 12.9. The highest BCUT2D eigenvalue weighted by Crippen LogP contribution is 2.18. The second-order valence-corrected chi connectivity index (χ2v) is 5.26. The maximum atomic E-state index is 12.9. The van der Waals surface area contributed by atoms with Crippen LogP contribution < -0.4 is 0 Å². The van der Waals surface area contributed by atoms with Crippen LogP contribution in [0.4, 0.5) is 9.18 Å². The van der Waals surface area contributed by atoms with Gasteiger partial charge in [0.25, 0.3) is 0 Å². The van der Waals surface area contributed by atoms with Gasteiger partial charge in [0, 0.05) is 18.3 Å². The number of carbonyl (C=O) groups is 1. The molecule has 2 heterocycles. The third-order valence-corrected chi connectivity index (χ3v) is 3.70. The molecule has 1 fully saturated rings. The Balaban J connectivity index is 1.55. The SMILES string of the molecule is O=C1OCCN1CCCc1ccc(-c2ccc(F)cc2)nc1. The Morgan fingerprint density at radius 2 is 2.00 bits per heavy atom. The number of rotatable bonds is 5. The number of cyclic esters (lactones) is 1. The van der Waals surface area contributed by atoms with E-state index in [1.54, 1.807) is 17.0 Å². The van der Waals surface area contributed by atoms with E-state index in [1.807, 2.05) is 18.3 Å². The number of aryl methyl sites for hydroxylation is 1. The maximum Gasteiger partial charge on any atom is 0.409 e. The molecule has 114 valence electrons. The average molecular weight is 300 g/mol. The Hall–Kier alpha value is -2.43. The minimum atomic E-state index is -0.249. The first-order valence-corrected chi connectivity index (χ1v) is 7.35. The van der Waals surface area contributed by atoms with E-state index in [9.17, 15) is 9.18 Å². The Morgan fingerprint density at radius 1 is 1.18 bits per heavy atom. The molecular weight excluding hydrogens is 283 g/mol. The molecule has 1 aliphatic heterocycles. The molecular formula is C17H17FN2O2. The first kappa shape index (κ1) is 14.5. The van der Waals surface area contributed by atoms with Crippen molar-refractivity contribution in [2.45, 2.75) is 12.8 Å². The normalized spacial score (nSPS) is 14.2. The quantitative estimate of drug-likeness (QED) is 0.851. The molecule has 4 nitrogen and oxygen atoms in total. The van der Waals surface area contributed by atoms with Gasteiger partial charge >= 0.3 is 6.09 Å². The van der Waals surface area contributed by atoms with Gasteiger partial charge in [0.2, 0.25) is 0 Å². The van der Waals surface area contributed by atoms with E-state index in [-0.39, 0.29) is 11.9 Å². The molecule has 0 unspecified atom stereocenters. The summed E-state index contributed by atoms with van der Waals surface area (Å²) in [5.74, 6) is -0.249. The minimum Gasteiger partial charge on any atom is -0.448 e. The van der Waals surface area contributed by atoms with Crippen molar-refractivity contribution in [3.63, 3.8) is 0 Å². The molecule has 0 atom stereocenters. The fourth-order valence-electron chi connectivity index (χ4n) is 2.47. The van der Waals surface area contributed by atoms with Crippen LogP contribution in [-0.4, -0.2) is 35.7 Å². The van der Waals surface area contributed by atoms with E-state index in [2.05, 4.69) is 4.98 Å². The Kier molecular flexibility index (Phi) is 4.32. The zero-order chi connectivity index (χ0) is 15.4. The summed E-state index contributed by atoms with van der Waals surface area (Å²) in [6.45, 7) is 1.88. The van der Waals surface area contributed by atoms with E-state index >= 15 is 0 Å². The fraction of sp³-hybridized carbons (Fsp3) is 0.294. The predicted octanol–water partition coefficient (Wildman–Crippen LogP) is 3.27. The van der Waals surface area contributed by atoms with Crippen molar-refractivity contribution in [3.8, 4) is 11.3 Å². The smallest absolute Gasteiger partial charge is 0.409 e. The Labute approximate surface area is 128 Å². The number of pyridine rings is 1. The Bertz CT molecular complexity index is 641. The average Bonchev–Trinajstić information content (AvgIpc) is 2.94. The van der Waals surface area contributed by atoms with Crippen LogP contribution in [0.1, 0.15) is 12.0 Å². The molecule has 1 saturated heterocycles. The lowest BCUT2D eigenvalue weighted by molar-refractivity contribution is 0.158. The fourth-order valence-corrected chi connectivity index (χ4v) is 2.47. The zero-order valence-electron chi connectivity index (χ0n) is 12.2. The molecule has 1 amide bonds. The monoisotopic (exact) mass is 300 g/mol. The molecule has 22 heavy (non-hydrogen) atoms. The highest BCUT2D eigenvalue weighted by molar-refractivity contribution is 5.69. The third kappa shape index (κ3) is 3.42. The summed E-state index contributed by atoms with van der Waals surface area (Å²) in [6, 6.07) is 10.3. The van der Waals surface area contributed by atoms with Crippen LogP contribution in [-0.2, 0) is 11.2 Å². The number of ether oxygens (including phenoxy) is 1. The third-order valence-electron chi connectivity index (χ3n) is 3.70. The van der Waals surface area contributed by atoms with Crippen LogP contribution in [0.5, 0.6) is 0 Å². The number of aromatic nitrogens is 1. The lowest BCUT2D eigenvalue weighted by Gasteiger charge is -2.11. The number of carbonyl (C=O) groups excluding carboxylic acids is 1. The van der Waals surface area contributed by atoms with Crippen molar-refractivity contribution >= 4 is 6.09 Å². The van der Waals surface area contributed by atoms with Gasteiger partial charge in [0.15, 0.2) is 0 Å².